The summed E-state index contributed by atoms with van der Waals surface area (Å²) in [6.07, 6.45) is 7.76. The van der Waals surface area contributed by atoms with Crippen LogP contribution in [0, 0.1) is 5.92 Å². The van der Waals surface area contributed by atoms with Crippen LogP contribution in [0.25, 0.3) is 0 Å². The summed E-state index contributed by atoms with van der Waals surface area (Å²) in [4.78, 5) is 0. The van der Waals surface area contributed by atoms with Gasteiger partial charge in [-0.05, 0) is 31.7 Å². The average Bonchev–Trinajstić information content (AvgIpc) is 2.31. The van der Waals surface area contributed by atoms with Crippen LogP contribution >= 0.6 is 11.6 Å². The van der Waals surface area contributed by atoms with Gasteiger partial charge >= 0.3 is 0 Å². The number of rotatable bonds is 4. The van der Waals surface area contributed by atoms with Crippen LogP contribution in [-0.4, -0.2) is 18.0 Å². The minimum Gasteiger partial charge on any atom is -0.313 e. The molecule has 0 saturated heterocycles. The van der Waals surface area contributed by atoms with Gasteiger partial charge in [-0.3, -0.25) is 0 Å². The monoisotopic (exact) mass is 217 g/mol. The van der Waals surface area contributed by atoms with E-state index >= 15 is 0 Å². The van der Waals surface area contributed by atoms with E-state index in [-0.39, 0.29) is 0 Å². The lowest BCUT2D eigenvalue weighted by molar-refractivity contribution is 0.437. The maximum atomic E-state index is 6.34. The molecule has 0 amide bonds. The lowest BCUT2D eigenvalue weighted by atomic mass is 10.1. The van der Waals surface area contributed by atoms with Gasteiger partial charge in [0, 0.05) is 11.4 Å². The molecular weight excluding hydrogens is 194 g/mol. The molecule has 14 heavy (non-hydrogen) atoms. The molecule has 2 atom stereocenters. The second-order valence-electron chi connectivity index (χ2n) is 4.90. The Morgan fingerprint density at radius 3 is 2.64 bits per heavy atom. The zero-order chi connectivity index (χ0) is 10.4. The van der Waals surface area contributed by atoms with E-state index in [9.17, 15) is 0 Å². The largest absolute Gasteiger partial charge is 0.313 e. The molecule has 1 nitrogen and oxygen atoms in total. The van der Waals surface area contributed by atoms with Crippen LogP contribution in [0.4, 0.5) is 0 Å². The minimum absolute atomic E-state index is 0.365. The number of nitrogens with one attached hydrogen (secondary N) is 1. The van der Waals surface area contributed by atoms with E-state index in [2.05, 4.69) is 19.2 Å². The van der Waals surface area contributed by atoms with Gasteiger partial charge < -0.3 is 5.32 Å². The molecule has 2 unspecified atom stereocenters. The Hall–Kier alpha value is 0.250. The summed E-state index contributed by atoms with van der Waals surface area (Å²) < 4.78 is 0. The van der Waals surface area contributed by atoms with Crippen molar-refractivity contribution in [3.8, 4) is 0 Å². The van der Waals surface area contributed by atoms with Crippen molar-refractivity contribution in [3.05, 3.63) is 0 Å². The second kappa shape index (κ2) is 6.68. The molecule has 1 saturated carbocycles. The molecule has 0 bridgehead atoms. The van der Waals surface area contributed by atoms with E-state index in [1.807, 2.05) is 0 Å². The van der Waals surface area contributed by atoms with Gasteiger partial charge in [0.1, 0.15) is 0 Å². The number of hydrogen-bond donors (Lipinski definition) is 1. The van der Waals surface area contributed by atoms with E-state index in [0.717, 1.165) is 12.5 Å². The van der Waals surface area contributed by atoms with E-state index in [1.54, 1.807) is 0 Å². The Morgan fingerprint density at radius 1 is 1.21 bits per heavy atom. The number of halogens is 1. The first-order valence-corrected chi connectivity index (χ1v) is 6.51. The first kappa shape index (κ1) is 12.3. The highest BCUT2D eigenvalue weighted by Crippen LogP contribution is 2.22. The summed E-state index contributed by atoms with van der Waals surface area (Å²) in [5.41, 5.74) is 0. The maximum Gasteiger partial charge on any atom is 0.0489 e. The fraction of sp³-hybridized carbons (Fsp3) is 1.00. The summed E-state index contributed by atoms with van der Waals surface area (Å²) in [7, 11) is 0. The predicted octanol–water partition coefficient (Wildman–Crippen LogP) is 3.56. The molecule has 0 aliphatic heterocycles. The summed E-state index contributed by atoms with van der Waals surface area (Å²) in [6, 6.07) is 0.568. The van der Waals surface area contributed by atoms with Crippen molar-refractivity contribution in [2.24, 2.45) is 5.92 Å². The Labute approximate surface area is 93.6 Å². The topological polar surface area (TPSA) is 12.0 Å². The van der Waals surface area contributed by atoms with Gasteiger partial charge in [0.2, 0.25) is 0 Å². The molecule has 1 N–H and O–H groups in total. The SMILES string of the molecule is CC(C)CCNC1CCCCCC1Cl. The maximum absolute atomic E-state index is 6.34. The molecule has 0 spiro atoms. The van der Waals surface area contributed by atoms with Crippen molar-refractivity contribution in [3.63, 3.8) is 0 Å². The summed E-state index contributed by atoms with van der Waals surface area (Å²) in [5.74, 6) is 0.794. The first-order valence-electron chi connectivity index (χ1n) is 6.07. The molecule has 0 radical (unpaired) electrons. The molecular formula is C12H24ClN. The van der Waals surface area contributed by atoms with Gasteiger partial charge in [-0.1, -0.05) is 33.1 Å². The zero-order valence-corrected chi connectivity index (χ0v) is 10.3. The Balaban J connectivity index is 2.19. The molecule has 1 aliphatic carbocycles. The lowest BCUT2D eigenvalue weighted by Gasteiger charge is -2.21. The lowest BCUT2D eigenvalue weighted by Crippen LogP contribution is -2.37. The van der Waals surface area contributed by atoms with Gasteiger partial charge in [-0.15, -0.1) is 11.6 Å². The van der Waals surface area contributed by atoms with E-state index in [4.69, 9.17) is 11.6 Å². The standard InChI is InChI=1S/C12H24ClN/c1-10(2)8-9-14-12-7-5-3-4-6-11(12)13/h10-12,14H,3-9H2,1-2H3. The van der Waals surface area contributed by atoms with Crippen molar-refractivity contribution >= 4 is 11.6 Å². The van der Waals surface area contributed by atoms with Gasteiger partial charge in [-0.2, -0.15) is 0 Å². The molecule has 0 heterocycles. The molecule has 2 heteroatoms. The normalized spacial score (nSPS) is 29.1. The third-order valence-corrected chi connectivity index (χ3v) is 3.58. The highest BCUT2D eigenvalue weighted by molar-refractivity contribution is 6.21. The smallest absolute Gasteiger partial charge is 0.0489 e. The summed E-state index contributed by atoms with van der Waals surface area (Å²) in [6.45, 7) is 5.67. The van der Waals surface area contributed by atoms with E-state index in [0.29, 0.717) is 11.4 Å². The molecule has 84 valence electrons. The van der Waals surface area contributed by atoms with E-state index in [1.165, 1.54) is 38.5 Å². The Bertz CT molecular complexity index is 147. The van der Waals surface area contributed by atoms with Crippen molar-refractivity contribution in [1.82, 2.24) is 5.32 Å². The van der Waals surface area contributed by atoms with Gasteiger partial charge in [0.05, 0.1) is 0 Å². The zero-order valence-electron chi connectivity index (χ0n) is 9.56. The van der Waals surface area contributed by atoms with Crippen molar-refractivity contribution in [1.29, 1.82) is 0 Å². The molecule has 1 aliphatic rings. The summed E-state index contributed by atoms with van der Waals surface area (Å²) >= 11 is 6.34. The molecule has 0 aromatic carbocycles. The molecule has 0 aromatic rings. The molecule has 1 fully saturated rings. The van der Waals surface area contributed by atoms with Crippen molar-refractivity contribution in [2.45, 2.75) is 63.8 Å². The third kappa shape index (κ3) is 4.65. The average molecular weight is 218 g/mol. The second-order valence-corrected chi connectivity index (χ2v) is 5.46. The van der Waals surface area contributed by atoms with E-state index < -0.39 is 0 Å². The molecule has 1 rings (SSSR count). The van der Waals surface area contributed by atoms with Crippen LogP contribution < -0.4 is 5.32 Å². The Morgan fingerprint density at radius 2 is 1.93 bits per heavy atom. The Kier molecular flexibility index (Phi) is 5.88. The van der Waals surface area contributed by atoms with Crippen LogP contribution in [-0.2, 0) is 0 Å². The highest BCUT2D eigenvalue weighted by atomic mass is 35.5. The summed E-state index contributed by atoms with van der Waals surface area (Å²) in [5, 5.41) is 3.98. The fourth-order valence-corrected chi connectivity index (χ4v) is 2.42. The van der Waals surface area contributed by atoms with Crippen molar-refractivity contribution < 1.29 is 0 Å². The number of hydrogen-bond acceptors (Lipinski definition) is 1. The third-order valence-electron chi connectivity index (χ3n) is 3.06. The van der Waals surface area contributed by atoms with Crippen LogP contribution in [0.15, 0.2) is 0 Å². The molecule has 0 aromatic heterocycles. The van der Waals surface area contributed by atoms with Crippen LogP contribution in [0.1, 0.15) is 52.4 Å². The first-order chi connectivity index (χ1) is 6.70. The number of alkyl halides is 1. The van der Waals surface area contributed by atoms with Gasteiger partial charge in [-0.25, -0.2) is 0 Å². The van der Waals surface area contributed by atoms with Crippen molar-refractivity contribution in [2.75, 3.05) is 6.54 Å². The van der Waals surface area contributed by atoms with Gasteiger partial charge in [0.25, 0.3) is 0 Å². The van der Waals surface area contributed by atoms with Gasteiger partial charge in [0.15, 0.2) is 0 Å². The van der Waals surface area contributed by atoms with Crippen LogP contribution in [0.2, 0.25) is 0 Å². The van der Waals surface area contributed by atoms with Crippen LogP contribution in [0.5, 0.6) is 0 Å². The quantitative estimate of drug-likeness (QED) is 0.561. The fourth-order valence-electron chi connectivity index (χ4n) is 2.05. The van der Waals surface area contributed by atoms with Crippen LogP contribution in [0.3, 0.4) is 0 Å². The predicted molar refractivity (Wildman–Crippen MR) is 64.0 cm³/mol. The highest BCUT2D eigenvalue weighted by Gasteiger charge is 2.20. The minimum atomic E-state index is 0.365.